The van der Waals surface area contributed by atoms with Gasteiger partial charge in [-0.05, 0) is 0 Å². The molecule has 0 aliphatic rings. The molecule has 0 atom stereocenters. The molecule has 0 aromatic carbocycles. The number of hydrogen-bond donors (Lipinski definition) is 0. The van der Waals surface area contributed by atoms with Crippen molar-refractivity contribution in [2.75, 3.05) is 13.2 Å². The summed E-state index contributed by atoms with van der Waals surface area (Å²) >= 11 is 2.05. The summed E-state index contributed by atoms with van der Waals surface area (Å²) in [5, 5.41) is 0.932. The Morgan fingerprint density at radius 3 is 1.89 bits per heavy atom. The van der Waals surface area contributed by atoms with Crippen LogP contribution in [-0.4, -0.2) is 36.0 Å². The summed E-state index contributed by atoms with van der Waals surface area (Å²) in [4.78, 5) is 0. The van der Waals surface area contributed by atoms with Crippen molar-refractivity contribution in [3.05, 3.63) is 0 Å². The molecule has 2 nitrogen and oxygen atoms in total. The van der Waals surface area contributed by atoms with Gasteiger partial charge < -0.3 is 0 Å². The topological polar surface area (TPSA) is 18.5 Å². The molecular weight excluding hydrogens is 177 g/mol. The zero-order valence-corrected chi connectivity index (χ0v) is 8.11. The number of hydrogen-bond acceptors (Lipinski definition) is 2. The van der Waals surface area contributed by atoms with Gasteiger partial charge in [0.05, 0.1) is 0 Å². The van der Waals surface area contributed by atoms with Crippen LogP contribution in [0.15, 0.2) is 0 Å². The Morgan fingerprint density at radius 1 is 1.22 bits per heavy atom. The molecule has 3 heteroatoms. The molecule has 0 aromatic heterocycles. The molecule has 3 radical (unpaired) electrons. The predicted octanol–water partition coefficient (Wildman–Crippen LogP) is 0.972. The van der Waals surface area contributed by atoms with Crippen molar-refractivity contribution in [1.82, 2.24) is 0 Å². The molecule has 0 amide bonds. The molecule has 0 aromatic rings. The standard InChI is InChI=1S/C6H13GeO2/c1-3-8-6(5-7)9-4-2/h6H,3-5H2,1-2H3. The third-order valence-electron chi connectivity index (χ3n) is 0.872. The third-order valence-corrected chi connectivity index (χ3v) is 1.57. The van der Waals surface area contributed by atoms with Crippen LogP contribution < -0.4 is 0 Å². The van der Waals surface area contributed by atoms with E-state index in [1.807, 2.05) is 13.8 Å². The van der Waals surface area contributed by atoms with E-state index >= 15 is 0 Å². The summed E-state index contributed by atoms with van der Waals surface area (Å²) < 4.78 is 10.4. The van der Waals surface area contributed by atoms with E-state index in [0.717, 1.165) is 18.5 Å². The van der Waals surface area contributed by atoms with Gasteiger partial charge in [0.15, 0.2) is 0 Å². The van der Waals surface area contributed by atoms with Gasteiger partial charge in [-0.3, -0.25) is 0 Å². The summed E-state index contributed by atoms with van der Waals surface area (Å²) in [6.07, 6.45) is 0.0139. The number of rotatable bonds is 5. The van der Waals surface area contributed by atoms with E-state index < -0.39 is 0 Å². The van der Waals surface area contributed by atoms with Crippen LogP contribution in [0.5, 0.6) is 0 Å². The summed E-state index contributed by atoms with van der Waals surface area (Å²) in [5.41, 5.74) is 0. The summed E-state index contributed by atoms with van der Waals surface area (Å²) in [5.74, 6) is 0. The Morgan fingerprint density at radius 2 is 1.67 bits per heavy atom. The first kappa shape index (κ1) is 9.46. The molecule has 0 aliphatic heterocycles. The first-order chi connectivity index (χ1) is 4.35. The second-order valence-electron chi connectivity index (χ2n) is 1.54. The molecule has 0 bridgehead atoms. The average Bonchev–Trinajstić information content (AvgIpc) is 1.88. The van der Waals surface area contributed by atoms with Crippen LogP contribution >= 0.6 is 0 Å². The van der Waals surface area contributed by atoms with Crippen molar-refractivity contribution >= 4 is 16.5 Å². The van der Waals surface area contributed by atoms with E-state index in [-0.39, 0.29) is 6.29 Å². The monoisotopic (exact) mass is 191 g/mol. The van der Waals surface area contributed by atoms with E-state index in [4.69, 9.17) is 9.47 Å². The van der Waals surface area contributed by atoms with Gasteiger partial charge >= 0.3 is 64.6 Å². The molecule has 53 valence electrons. The van der Waals surface area contributed by atoms with E-state index in [1.54, 1.807) is 0 Å². The second-order valence-corrected chi connectivity index (χ2v) is 2.40. The Labute approximate surface area is 65.1 Å². The summed E-state index contributed by atoms with van der Waals surface area (Å²) in [6, 6.07) is 0. The van der Waals surface area contributed by atoms with Crippen LogP contribution in [-0.2, 0) is 9.47 Å². The molecule has 0 unspecified atom stereocenters. The fraction of sp³-hybridized carbons (Fsp3) is 1.00. The Bertz CT molecular complexity index is 53.0. The van der Waals surface area contributed by atoms with Crippen molar-refractivity contribution < 1.29 is 9.47 Å². The first-order valence-corrected chi connectivity index (χ1v) is 4.71. The second kappa shape index (κ2) is 6.58. The Hall–Kier alpha value is 0.463. The molecule has 0 N–H and O–H groups in total. The molecule has 0 aliphatic carbocycles. The summed E-state index contributed by atoms with van der Waals surface area (Å²) in [6.45, 7) is 5.42. The van der Waals surface area contributed by atoms with Crippen LogP contribution in [0.25, 0.3) is 0 Å². The fourth-order valence-electron chi connectivity index (χ4n) is 0.538. The van der Waals surface area contributed by atoms with Crippen molar-refractivity contribution in [1.29, 1.82) is 0 Å². The average molecular weight is 190 g/mol. The third kappa shape index (κ3) is 4.94. The minimum absolute atomic E-state index is 0.0139. The maximum atomic E-state index is 5.21. The van der Waals surface area contributed by atoms with Crippen molar-refractivity contribution in [2.24, 2.45) is 0 Å². The minimum atomic E-state index is 0.0139. The molecule has 0 saturated carbocycles. The predicted molar refractivity (Wildman–Crippen MR) is 37.6 cm³/mol. The van der Waals surface area contributed by atoms with Crippen LogP contribution in [0, 0.1) is 0 Å². The van der Waals surface area contributed by atoms with Gasteiger partial charge in [-0.1, -0.05) is 0 Å². The van der Waals surface area contributed by atoms with Gasteiger partial charge in [0.2, 0.25) is 0 Å². The maximum absolute atomic E-state index is 5.21. The van der Waals surface area contributed by atoms with E-state index in [2.05, 4.69) is 16.5 Å². The molecule has 0 heterocycles. The zero-order valence-electron chi connectivity index (χ0n) is 6.02. The van der Waals surface area contributed by atoms with Gasteiger partial charge in [-0.2, -0.15) is 0 Å². The van der Waals surface area contributed by atoms with Gasteiger partial charge in [0.1, 0.15) is 0 Å². The molecule has 0 saturated heterocycles. The zero-order chi connectivity index (χ0) is 7.11. The molecule has 0 fully saturated rings. The normalized spacial score (nSPS) is 10.7. The summed E-state index contributed by atoms with van der Waals surface area (Å²) in [7, 11) is 0. The van der Waals surface area contributed by atoms with E-state index in [0.29, 0.717) is 0 Å². The van der Waals surface area contributed by atoms with Crippen LogP contribution in [0.4, 0.5) is 0 Å². The quantitative estimate of drug-likeness (QED) is 0.474. The molecular formula is C6H13GeO2. The van der Waals surface area contributed by atoms with Crippen molar-refractivity contribution in [2.45, 2.75) is 25.4 Å². The van der Waals surface area contributed by atoms with Gasteiger partial charge in [0.25, 0.3) is 0 Å². The van der Waals surface area contributed by atoms with Crippen LogP contribution in [0.2, 0.25) is 5.25 Å². The Balaban J connectivity index is 3.18. The van der Waals surface area contributed by atoms with Crippen molar-refractivity contribution in [3.63, 3.8) is 0 Å². The van der Waals surface area contributed by atoms with E-state index in [9.17, 15) is 0 Å². The van der Waals surface area contributed by atoms with Crippen LogP contribution in [0.1, 0.15) is 13.8 Å². The molecule has 0 spiro atoms. The van der Waals surface area contributed by atoms with Gasteiger partial charge in [-0.15, -0.1) is 0 Å². The molecule has 9 heavy (non-hydrogen) atoms. The van der Waals surface area contributed by atoms with E-state index in [1.165, 1.54) is 0 Å². The first-order valence-electron chi connectivity index (χ1n) is 3.22. The van der Waals surface area contributed by atoms with Crippen molar-refractivity contribution in [3.8, 4) is 0 Å². The van der Waals surface area contributed by atoms with Gasteiger partial charge in [0, 0.05) is 0 Å². The van der Waals surface area contributed by atoms with Crippen LogP contribution in [0.3, 0.4) is 0 Å². The van der Waals surface area contributed by atoms with Gasteiger partial charge in [-0.25, -0.2) is 0 Å². The molecule has 0 rings (SSSR count). The number of ether oxygens (including phenoxy) is 2. The SMILES string of the molecule is CCOC([CH2][Ge])OCC. The Kier molecular flexibility index (Phi) is 6.92. The fourth-order valence-corrected chi connectivity index (χ4v) is 1.03.